The van der Waals surface area contributed by atoms with E-state index in [9.17, 15) is 9.18 Å². The molecule has 92 valence electrons. The van der Waals surface area contributed by atoms with Crippen molar-refractivity contribution in [2.75, 3.05) is 5.32 Å². The number of rotatable bonds is 3. The third-order valence-corrected chi connectivity index (χ3v) is 2.47. The van der Waals surface area contributed by atoms with Gasteiger partial charge in [-0.3, -0.25) is 4.79 Å². The molecule has 0 heterocycles. The average molecular weight is 275 g/mol. The van der Waals surface area contributed by atoms with Crippen LogP contribution in [-0.2, 0) is 0 Å². The first kappa shape index (κ1) is 14.2. The summed E-state index contributed by atoms with van der Waals surface area (Å²) in [4.78, 5) is 10.6. The summed E-state index contributed by atoms with van der Waals surface area (Å²) < 4.78 is 13.8. The number of aldehydes is 1. The van der Waals surface area contributed by atoms with Crippen molar-refractivity contribution in [3.05, 3.63) is 39.8 Å². The van der Waals surface area contributed by atoms with Gasteiger partial charge in [0.05, 0.1) is 10.7 Å². The Morgan fingerprint density at radius 1 is 1.26 bits per heavy atom. The van der Waals surface area contributed by atoms with Gasteiger partial charge in [0.1, 0.15) is 23.9 Å². The van der Waals surface area contributed by atoms with E-state index in [2.05, 4.69) is 5.32 Å². The molecule has 0 amide bonds. The fraction of sp³-hybridized carbons (Fsp3) is 0. The molecule has 1 aromatic carbocycles. The molecule has 19 heavy (non-hydrogen) atoms. The average Bonchev–Trinajstić information content (AvgIpc) is 2.43. The maximum atomic E-state index is 13.8. The fourth-order valence-electron chi connectivity index (χ4n) is 1.17. The highest BCUT2D eigenvalue weighted by molar-refractivity contribution is 6.33. The molecule has 0 spiro atoms. The van der Waals surface area contributed by atoms with Gasteiger partial charge in [0.15, 0.2) is 17.7 Å². The van der Waals surface area contributed by atoms with Crippen LogP contribution in [0, 0.1) is 39.8 Å². The number of nitriles is 3. The molecule has 0 radical (unpaired) electrons. The van der Waals surface area contributed by atoms with Gasteiger partial charge in [-0.25, -0.2) is 4.39 Å². The molecule has 0 saturated heterocycles. The summed E-state index contributed by atoms with van der Waals surface area (Å²) in [6, 6.07) is 6.99. The zero-order valence-electron chi connectivity index (χ0n) is 9.24. The van der Waals surface area contributed by atoms with Crippen LogP contribution in [0.1, 0.15) is 10.4 Å². The molecule has 0 bridgehead atoms. The smallest absolute Gasteiger partial charge is 0.165 e. The Morgan fingerprint density at radius 2 is 1.89 bits per heavy atom. The third-order valence-electron chi connectivity index (χ3n) is 2.08. The van der Waals surface area contributed by atoms with Crippen LogP contribution in [0.4, 0.5) is 10.1 Å². The van der Waals surface area contributed by atoms with Gasteiger partial charge in [-0.15, -0.1) is 0 Å². The number of hydrogen-bond acceptors (Lipinski definition) is 5. The number of anilines is 1. The maximum absolute atomic E-state index is 13.8. The first-order chi connectivity index (χ1) is 9.08. The predicted octanol–water partition coefficient (Wildman–Crippen LogP) is 2.53. The van der Waals surface area contributed by atoms with Gasteiger partial charge in [0, 0.05) is 5.56 Å². The minimum atomic E-state index is -0.950. The van der Waals surface area contributed by atoms with Crippen molar-refractivity contribution in [3.63, 3.8) is 0 Å². The minimum absolute atomic E-state index is 0.0482. The lowest BCUT2D eigenvalue weighted by molar-refractivity contribution is 0.112. The van der Waals surface area contributed by atoms with Crippen molar-refractivity contribution >= 4 is 23.6 Å². The Kier molecular flexibility index (Phi) is 4.60. The number of benzene rings is 1. The largest absolute Gasteiger partial charge is 0.343 e. The molecule has 0 fully saturated rings. The second-order valence-electron chi connectivity index (χ2n) is 3.16. The zero-order chi connectivity index (χ0) is 14.4. The van der Waals surface area contributed by atoms with Gasteiger partial charge >= 0.3 is 0 Å². The monoisotopic (exact) mass is 274 g/mol. The van der Waals surface area contributed by atoms with Gasteiger partial charge in [-0.2, -0.15) is 15.8 Å². The molecule has 0 saturated carbocycles. The van der Waals surface area contributed by atoms with E-state index in [0.29, 0.717) is 6.29 Å². The quantitative estimate of drug-likeness (QED) is 0.674. The van der Waals surface area contributed by atoms with Crippen LogP contribution in [0.5, 0.6) is 0 Å². The molecule has 1 aromatic rings. The Morgan fingerprint density at radius 3 is 2.37 bits per heavy atom. The Bertz CT molecular complexity index is 675. The lowest BCUT2D eigenvalue weighted by Crippen LogP contribution is -2.03. The number of hydrogen-bond donors (Lipinski definition) is 1. The maximum Gasteiger partial charge on any atom is 0.165 e. The van der Waals surface area contributed by atoms with Crippen molar-refractivity contribution in [2.45, 2.75) is 0 Å². The van der Waals surface area contributed by atoms with E-state index in [-0.39, 0.29) is 11.3 Å². The topological polar surface area (TPSA) is 100 Å². The van der Waals surface area contributed by atoms with Crippen LogP contribution in [0.3, 0.4) is 0 Å². The number of nitrogens with zero attached hydrogens (tertiary/aromatic N) is 3. The third kappa shape index (κ3) is 2.87. The van der Waals surface area contributed by atoms with Gasteiger partial charge in [-0.05, 0) is 12.1 Å². The molecule has 0 aromatic heterocycles. The SMILES string of the molecule is N#CC(C#N)=C(C#N)Nc1ccc(C=O)c(Cl)c1F. The highest BCUT2D eigenvalue weighted by Crippen LogP contribution is 2.26. The lowest BCUT2D eigenvalue weighted by atomic mass is 10.2. The molecule has 5 nitrogen and oxygen atoms in total. The van der Waals surface area contributed by atoms with Crippen LogP contribution >= 0.6 is 11.6 Å². The van der Waals surface area contributed by atoms with Gasteiger partial charge < -0.3 is 5.32 Å². The number of carbonyl (C=O) groups is 1. The molecule has 0 unspecified atom stereocenters. The minimum Gasteiger partial charge on any atom is -0.343 e. The molecule has 7 heteroatoms. The van der Waals surface area contributed by atoms with E-state index >= 15 is 0 Å². The van der Waals surface area contributed by atoms with Crippen molar-refractivity contribution < 1.29 is 9.18 Å². The van der Waals surface area contributed by atoms with E-state index in [4.69, 9.17) is 27.4 Å². The van der Waals surface area contributed by atoms with E-state index < -0.39 is 22.1 Å². The molecular formula is C12H4ClFN4O. The van der Waals surface area contributed by atoms with Crippen LogP contribution in [0.25, 0.3) is 0 Å². The number of halogens is 2. The van der Waals surface area contributed by atoms with E-state index in [1.807, 2.05) is 0 Å². The van der Waals surface area contributed by atoms with Crippen molar-refractivity contribution in [2.24, 2.45) is 0 Å². The van der Waals surface area contributed by atoms with Gasteiger partial charge in [-0.1, -0.05) is 11.6 Å². The summed E-state index contributed by atoms with van der Waals surface area (Å²) in [5.74, 6) is -0.950. The van der Waals surface area contributed by atoms with Crippen molar-refractivity contribution in [1.29, 1.82) is 15.8 Å². The first-order valence-corrected chi connectivity index (χ1v) is 5.11. The number of nitrogens with one attached hydrogen (secondary N) is 1. The summed E-state index contributed by atoms with van der Waals surface area (Å²) in [6.45, 7) is 0. The Labute approximate surface area is 112 Å². The first-order valence-electron chi connectivity index (χ1n) is 4.73. The van der Waals surface area contributed by atoms with E-state index in [1.165, 1.54) is 24.3 Å². The summed E-state index contributed by atoms with van der Waals surface area (Å²) in [6.07, 6.45) is 0.381. The van der Waals surface area contributed by atoms with Crippen molar-refractivity contribution in [3.8, 4) is 18.2 Å². The Balaban J connectivity index is 3.30. The van der Waals surface area contributed by atoms with Crippen molar-refractivity contribution in [1.82, 2.24) is 0 Å². The molecule has 0 aliphatic carbocycles. The van der Waals surface area contributed by atoms with E-state index in [1.54, 1.807) is 6.07 Å². The van der Waals surface area contributed by atoms with Crippen LogP contribution in [-0.4, -0.2) is 6.29 Å². The number of carbonyl (C=O) groups excluding carboxylic acids is 1. The molecule has 1 rings (SSSR count). The van der Waals surface area contributed by atoms with Crippen LogP contribution < -0.4 is 5.32 Å². The summed E-state index contributed by atoms with van der Waals surface area (Å²) in [5.41, 5.74) is -1.15. The van der Waals surface area contributed by atoms with E-state index in [0.717, 1.165) is 0 Å². The molecule has 0 aliphatic rings. The molecule has 1 N–H and O–H groups in total. The highest BCUT2D eigenvalue weighted by Gasteiger charge is 2.14. The lowest BCUT2D eigenvalue weighted by Gasteiger charge is -2.08. The zero-order valence-corrected chi connectivity index (χ0v) is 9.99. The summed E-state index contributed by atoms with van der Waals surface area (Å²) >= 11 is 5.60. The normalized spacial score (nSPS) is 8.58. The molecule has 0 aliphatic heterocycles. The second kappa shape index (κ2) is 6.16. The molecular weight excluding hydrogens is 271 g/mol. The number of allylic oxidation sites excluding steroid dienone is 2. The van der Waals surface area contributed by atoms with Gasteiger partial charge in [0.25, 0.3) is 0 Å². The summed E-state index contributed by atoms with van der Waals surface area (Å²) in [7, 11) is 0. The fourth-order valence-corrected chi connectivity index (χ4v) is 1.38. The predicted molar refractivity (Wildman–Crippen MR) is 64.3 cm³/mol. The second-order valence-corrected chi connectivity index (χ2v) is 3.54. The standard InChI is InChI=1S/C12H4ClFN4O/c13-11-7(6-19)1-2-9(12(11)14)18-10(5-17)8(3-15)4-16/h1-2,6,18H. The highest BCUT2D eigenvalue weighted by atomic mass is 35.5. The molecule has 0 atom stereocenters. The van der Waals surface area contributed by atoms with Crippen LogP contribution in [0.15, 0.2) is 23.4 Å². The van der Waals surface area contributed by atoms with Crippen LogP contribution in [0.2, 0.25) is 5.02 Å². The van der Waals surface area contributed by atoms with Gasteiger partial charge in [0.2, 0.25) is 0 Å². The summed E-state index contributed by atoms with van der Waals surface area (Å²) in [5, 5.41) is 27.9. The Hall–Kier alpha value is -2.88.